The van der Waals surface area contributed by atoms with Gasteiger partial charge >= 0.3 is 0 Å². The normalized spacial score (nSPS) is 13.7. The molecule has 0 aliphatic heterocycles. The molecule has 0 radical (unpaired) electrons. The summed E-state index contributed by atoms with van der Waals surface area (Å²) in [5.74, 6) is 0.596. The summed E-state index contributed by atoms with van der Waals surface area (Å²) < 4.78 is 1.91. The molecule has 2 N–H and O–H groups in total. The first kappa shape index (κ1) is 15.3. The van der Waals surface area contributed by atoms with Crippen LogP contribution in [0.25, 0.3) is 0 Å². The lowest BCUT2D eigenvalue weighted by Gasteiger charge is -2.25. The second kappa shape index (κ2) is 6.54. The molecule has 0 aliphatic rings. The number of benzene rings is 1. The zero-order valence-corrected chi connectivity index (χ0v) is 12.7. The van der Waals surface area contributed by atoms with Gasteiger partial charge < -0.3 is 15.2 Å². The first-order chi connectivity index (χ1) is 10.0. The number of aryl methyl sites for hydroxylation is 1. The quantitative estimate of drug-likeness (QED) is 0.910. The molecule has 1 aromatic heterocycles. The summed E-state index contributed by atoms with van der Waals surface area (Å²) in [7, 11) is 3.70. The van der Waals surface area contributed by atoms with Gasteiger partial charge in [-0.15, -0.1) is 0 Å². The summed E-state index contributed by atoms with van der Waals surface area (Å²) >= 11 is 0. The Kier molecular flexibility index (Phi) is 4.75. The standard InChI is InChI=1S/C16H22N4O/c1-12(15(17)13-7-5-4-6-8-13)16(21)20(3)11-14-18-9-10-19(14)2/h4-10,12,15H,11,17H2,1-3H3. The molecule has 112 valence electrons. The van der Waals surface area contributed by atoms with Gasteiger partial charge in [-0.2, -0.15) is 0 Å². The van der Waals surface area contributed by atoms with Gasteiger partial charge in [0.05, 0.1) is 12.5 Å². The second-order valence-corrected chi connectivity index (χ2v) is 5.37. The van der Waals surface area contributed by atoms with Gasteiger partial charge in [0.2, 0.25) is 5.91 Å². The number of imidazole rings is 1. The third kappa shape index (κ3) is 3.49. The predicted molar refractivity (Wildman–Crippen MR) is 82.2 cm³/mol. The van der Waals surface area contributed by atoms with E-state index in [0.29, 0.717) is 6.54 Å². The van der Waals surface area contributed by atoms with Gasteiger partial charge in [-0.1, -0.05) is 37.3 Å². The van der Waals surface area contributed by atoms with Crippen molar-refractivity contribution in [3.8, 4) is 0 Å². The molecule has 0 bridgehead atoms. The van der Waals surface area contributed by atoms with E-state index in [0.717, 1.165) is 11.4 Å². The number of carbonyl (C=O) groups is 1. The Morgan fingerprint density at radius 3 is 2.62 bits per heavy atom. The number of rotatable bonds is 5. The number of amides is 1. The number of aromatic nitrogens is 2. The van der Waals surface area contributed by atoms with Crippen molar-refractivity contribution in [1.82, 2.24) is 14.5 Å². The summed E-state index contributed by atoms with van der Waals surface area (Å²) in [6, 6.07) is 9.41. The van der Waals surface area contributed by atoms with Gasteiger partial charge in [-0.25, -0.2) is 4.98 Å². The Hall–Kier alpha value is -2.14. The van der Waals surface area contributed by atoms with Crippen LogP contribution in [0.4, 0.5) is 0 Å². The minimum absolute atomic E-state index is 0.0225. The van der Waals surface area contributed by atoms with E-state index >= 15 is 0 Å². The van der Waals surface area contributed by atoms with Gasteiger partial charge in [0.15, 0.2) is 0 Å². The van der Waals surface area contributed by atoms with Crippen molar-refractivity contribution in [2.75, 3.05) is 7.05 Å². The van der Waals surface area contributed by atoms with Crippen LogP contribution in [-0.2, 0) is 18.4 Å². The molecule has 5 nitrogen and oxygen atoms in total. The van der Waals surface area contributed by atoms with Crippen LogP contribution in [0.3, 0.4) is 0 Å². The molecule has 2 unspecified atom stereocenters. The fourth-order valence-corrected chi connectivity index (χ4v) is 2.30. The number of nitrogens with zero attached hydrogens (tertiary/aromatic N) is 3. The number of carbonyl (C=O) groups excluding carboxylic acids is 1. The third-order valence-electron chi connectivity index (χ3n) is 3.79. The van der Waals surface area contributed by atoms with E-state index < -0.39 is 0 Å². The molecule has 21 heavy (non-hydrogen) atoms. The Balaban J connectivity index is 2.03. The minimum Gasteiger partial charge on any atom is -0.338 e. The van der Waals surface area contributed by atoms with E-state index in [1.807, 2.05) is 55.1 Å². The van der Waals surface area contributed by atoms with E-state index in [4.69, 9.17) is 5.73 Å². The Morgan fingerprint density at radius 1 is 1.38 bits per heavy atom. The first-order valence-electron chi connectivity index (χ1n) is 7.02. The molecule has 2 atom stereocenters. The Bertz CT molecular complexity index is 593. The van der Waals surface area contributed by atoms with Crippen LogP contribution in [0, 0.1) is 5.92 Å². The van der Waals surface area contributed by atoms with Crippen LogP contribution < -0.4 is 5.73 Å². The SMILES string of the molecule is CC(C(=O)N(C)Cc1nccn1C)C(N)c1ccccc1. The largest absolute Gasteiger partial charge is 0.338 e. The van der Waals surface area contributed by atoms with Crippen LogP contribution in [0.5, 0.6) is 0 Å². The molecule has 0 fully saturated rings. The summed E-state index contributed by atoms with van der Waals surface area (Å²) in [5, 5.41) is 0. The van der Waals surface area contributed by atoms with Crippen molar-refractivity contribution >= 4 is 5.91 Å². The highest BCUT2D eigenvalue weighted by atomic mass is 16.2. The zero-order valence-electron chi connectivity index (χ0n) is 12.7. The molecule has 0 spiro atoms. The van der Waals surface area contributed by atoms with Crippen molar-refractivity contribution in [2.45, 2.75) is 19.5 Å². The van der Waals surface area contributed by atoms with Crippen LogP contribution in [0.2, 0.25) is 0 Å². The molecule has 0 saturated carbocycles. The summed E-state index contributed by atoms with van der Waals surface area (Å²) in [4.78, 5) is 18.4. The smallest absolute Gasteiger partial charge is 0.227 e. The molecule has 2 rings (SSSR count). The Morgan fingerprint density at radius 2 is 2.05 bits per heavy atom. The molecule has 1 amide bonds. The molecule has 2 aromatic rings. The number of hydrogen-bond donors (Lipinski definition) is 1. The molecule has 1 heterocycles. The number of nitrogens with two attached hydrogens (primary N) is 1. The average molecular weight is 286 g/mol. The van der Waals surface area contributed by atoms with Gasteiger partial charge in [0, 0.05) is 32.5 Å². The molecular formula is C16H22N4O. The monoisotopic (exact) mass is 286 g/mol. The topological polar surface area (TPSA) is 64.2 Å². The number of hydrogen-bond acceptors (Lipinski definition) is 3. The lowest BCUT2D eigenvalue weighted by Crippen LogP contribution is -2.37. The minimum atomic E-state index is -0.303. The maximum atomic E-state index is 12.5. The third-order valence-corrected chi connectivity index (χ3v) is 3.79. The Labute approximate surface area is 125 Å². The van der Waals surface area contributed by atoms with Gasteiger partial charge in [0.1, 0.15) is 5.82 Å². The van der Waals surface area contributed by atoms with Gasteiger partial charge in [-0.3, -0.25) is 4.79 Å². The van der Waals surface area contributed by atoms with Gasteiger partial charge in [0.25, 0.3) is 0 Å². The predicted octanol–water partition coefficient (Wildman–Crippen LogP) is 1.71. The molecule has 0 saturated heterocycles. The highest BCUT2D eigenvalue weighted by Crippen LogP contribution is 2.21. The maximum Gasteiger partial charge on any atom is 0.227 e. The van der Waals surface area contributed by atoms with E-state index in [1.165, 1.54) is 0 Å². The van der Waals surface area contributed by atoms with Crippen molar-refractivity contribution in [3.63, 3.8) is 0 Å². The van der Waals surface area contributed by atoms with E-state index in [2.05, 4.69) is 4.98 Å². The van der Waals surface area contributed by atoms with E-state index in [-0.39, 0.29) is 17.9 Å². The van der Waals surface area contributed by atoms with Crippen LogP contribution in [0.15, 0.2) is 42.7 Å². The van der Waals surface area contributed by atoms with Crippen LogP contribution >= 0.6 is 0 Å². The molecular weight excluding hydrogens is 264 g/mol. The van der Waals surface area contributed by atoms with Crippen LogP contribution in [0.1, 0.15) is 24.4 Å². The highest BCUT2D eigenvalue weighted by Gasteiger charge is 2.25. The highest BCUT2D eigenvalue weighted by molar-refractivity contribution is 5.79. The summed E-state index contributed by atoms with van der Waals surface area (Å²) in [6.07, 6.45) is 3.60. The van der Waals surface area contributed by atoms with Crippen LogP contribution in [-0.4, -0.2) is 27.4 Å². The lowest BCUT2D eigenvalue weighted by molar-refractivity contribution is -0.135. The fourth-order valence-electron chi connectivity index (χ4n) is 2.30. The second-order valence-electron chi connectivity index (χ2n) is 5.37. The summed E-state index contributed by atoms with van der Waals surface area (Å²) in [5.41, 5.74) is 7.19. The van der Waals surface area contributed by atoms with Crippen molar-refractivity contribution in [2.24, 2.45) is 18.7 Å². The van der Waals surface area contributed by atoms with Crippen molar-refractivity contribution in [3.05, 3.63) is 54.1 Å². The molecule has 5 heteroatoms. The lowest BCUT2D eigenvalue weighted by atomic mass is 9.94. The zero-order chi connectivity index (χ0) is 15.4. The van der Waals surface area contributed by atoms with Gasteiger partial charge in [-0.05, 0) is 5.56 Å². The van der Waals surface area contributed by atoms with Crippen molar-refractivity contribution < 1.29 is 4.79 Å². The van der Waals surface area contributed by atoms with E-state index in [9.17, 15) is 4.79 Å². The molecule has 0 aliphatic carbocycles. The molecule has 1 aromatic carbocycles. The summed E-state index contributed by atoms with van der Waals surface area (Å²) in [6.45, 7) is 2.35. The first-order valence-corrected chi connectivity index (χ1v) is 7.02. The van der Waals surface area contributed by atoms with Crippen molar-refractivity contribution in [1.29, 1.82) is 0 Å². The van der Waals surface area contributed by atoms with E-state index in [1.54, 1.807) is 18.1 Å². The maximum absolute atomic E-state index is 12.5. The fraction of sp³-hybridized carbons (Fsp3) is 0.375. The average Bonchev–Trinajstić information content (AvgIpc) is 2.91.